The number of hydrogen-bond donors (Lipinski definition) is 1. The second kappa shape index (κ2) is 3.91. The lowest BCUT2D eigenvalue weighted by atomic mass is 10.1. The van der Waals surface area contributed by atoms with Gasteiger partial charge >= 0.3 is 0 Å². The van der Waals surface area contributed by atoms with Crippen LogP contribution in [-0.2, 0) is 9.47 Å². The zero-order valence-electron chi connectivity index (χ0n) is 6.38. The lowest BCUT2D eigenvalue weighted by Gasteiger charge is -2.25. The van der Waals surface area contributed by atoms with Crippen molar-refractivity contribution in [2.45, 2.75) is 25.0 Å². The lowest BCUT2D eigenvalue weighted by molar-refractivity contribution is -0.0363. The molecule has 0 unspecified atom stereocenters. The van der Waals surface area contributed by atoms with Crippen LogP contribution >= 0.6 is 0 Å². The molecule has 0 aromatic heterocycles. The maximum atomic E-state index is 5.63. The fraction of sp³-hybridized carbons (Fsp3) is 1.00. The fourth-order valence-electron chi connectivity index (χ4n) is 1.14. The summed E-state index contributed by atoms with van der Waals surface area (Å²) in [5.41, 5.74) is 5.63. The summed E-state index contributed by atoms with van der Waals surface area (Å²) in [5.74, 6) is 0. The summed E-state index contributed by atoms with van der Waals surface area (Å²) in [6.07, 6.45) is 2.38. The topological polar surface area (TPSA) is 44.5 Å². The van der Waals surface area contributed by atoms with E-state index in [-0.39, 0.29) is 12.1 Å². The van der Waals surface area contributed by atoms with E-state index < -0.39 is 0 Å². The van der Waals surface area contributed by atoms with E-state index in [1.54, 1.807) is 7.11 Å². The Morgan fingerprint density at radius 1 is 1.60 bits per heavy atom. The molecule has 3 nitrogen and oxygen atoms in total. The van der Waals surface area contributed by atoms with Gasteiger partial charge in [0.05, 0.1) is 19.3 Å². The molecule has 0 spiro atoms. The Bertz CT molecular complexity index is 89.6. The van der Waals surface area contributed by atoms with Crippen molar-refractivity contribution in [3.8, 4) is 0 Å². The van der Waals surface area contributed by atoms with Gasteiger partial charge in [-0.05, 0) is 12.8 Å². The number of rotatable bonds is 2. The largest absolute Gasteiger partial charge is 0.382 e. The average Bonchev–Trinajstić information content (AvgIpc) is 1.95. The van der Waals surface area contributed by atoms with E-state index in [0.717, 1.165) is 12.8 Å². The highest BCUT2D eigenvalue weighted by Crippen LogP contribution is 2.11. The van der Waals surface area contributed by atoms with E-state index in [1.165, 1.54) is 0 Å². The van der Waals surface area contributed by atoms with Crippen molar-refractivity contribution in [1.82, 2.24) is 0 Å². The highest BCUT2D eigenvalue weighted by Gasteiger charge is 2.17. The van der Waals surface area contributed by atoms with Crippen molar-refractivity contribution in [3.05, 3.63) is 0 Å². The summed E-state index contributed by atoms with van der Waals surface area (Å²) in [5, 5.41) is 0. The van der Waals surface area contributed by atoms with Crippen molar-refractivity contribution < 1.29 is 9.47 Å². The van der Waals surface area contributed by atoms with Gasteiger partial charge in [0.1, 0.15) is 0 Å². The van der Waals surface area contributed by atoms with Gasteiger partial charge in [-0.1, -0.05) is 0 Å². The highest BCUT2D eigenvalue weighted by molar-refractivity contribution is 4.71. The SMILES string of the molecule is COC[C@@H]1CC[C@@H](N)CO1. The molecule has 0 saturated carbocycles. The van der Waals surface area contributed by atoms with Crippen molar-refractivity contribution in [1.29, 1.82) is 0 Å². The molecule has 0 bridgehead atoms. The fourth-order valence-corrected chi connectivity index (χ4v) is 1.14. The molecule has 0 aromatic rings. The minimum Gasteiger partial charge on any atom is -0.382 e. The third kappa shape index (κ3) is 2.25. The Balaban J connectivity index is 2.13. The van der Waals surface area contributed by atoms with Crippen LogP contribution in [0.1, 0.15) is 12.8 Å². The molecule has 0 amide bonds. The van der Waals surface area contributed by atoms with E-state index in [0.29, 0.717) is 13.2 Å². The quantitative estimate of drug-likeness (QED) is 0.601. The van der Waals surface area contributed by atoms with Gasteiger partial charge in [0.2, 0.25) is 0 Å². The summed E-state index contributed by atoms with van der Waals surface area (Å²) in [6, 6.07) is 0.244. The Labute approximate surface area is 61.5 Å². The second-order valence-corrected chi connectivity index (χ2v) is 2.75. The van der Waals surface area contributed by atoms with Gasteiger partial charge in [0, 0.05) is 13.2 Å². The monoisotopic (exact) mass is 145 g/mol. The van der Waals surface area contributed by atoms with Gasteiger partial charge in [-0.15, -0.1) is 0 Å². The first-order valence-electron chi connectivity index (χ1n) is 3.69. The van der Waals surface area contributed by atoms with Gasteiger partial charge in [-0.25, -0.2) is 0 Å². The summed E-state index contributed by atoms with van der Waals surface area (Å²) >= 11 is 0. The van der Waals surface area contributed by atoms with Gasteiger partial charge in [0.15, 0.2) is 0 Å². The van der Waals surface area contributed by atoms with Crippen LogP contribution in [-0.4, -0.2) is 32.5 Å². The van der Waals surface area contributed by atoms with E-state index in [1.807, 2.05) is 0 Å². The van der Waals surface area contributed by atoms with Crippen LogP contribution in [0.25, 0.3) is 0 Å². The highest BCUT2D eigenvalue weighted by atomic mass is 16.5. The third-order valence-electron chi connectivity index (χ3n) is 1.76. The van der Waals surface area contributed by atoms with E-state index in [9.17, 15) is 0 Å². The van der Waals surface area contributed by atoms with Crippen LogP contribution in [0.4, 0.5) is 0 Å². The molecular weight excluding hydrogens is 130 g/mol. The maximum Gasteiger partial charge on any atom is 0.0809 e. The lowest BCUT2D eigenvalue weighted by Crippen LogP contribution is -2.37. The number of nitrogens with two attached hydrogens (primary N) is 1. The Hall–Kier alpha value is -0.120. The van der Waals surface area contributed by atoms with Crippen LogP contribution in [0, 0.1) is 0 Å². The molecule has 3 heteroatoms. The van der Waals surface area contributed by atoms with Crippen molar-refractivity contribution in [2.24, 2.45) is 5.73 Å². The molecular formula is C7H15NO2. The van der Waals surface area contributed by atoms with Crippen LogP contribution in [0.5, 0.6) is 0 Å². The summed E-state index contributed by atoms with van der Waals surface area (Å²) < 4.78 is 10.3. The Kier molecular flexibility index (Phi) is 3.12. The average molecular weight is 145 g/mol. The van der Waals surface area contributed by atoms with Gasteiger partial charge in [0.25, 0.3) is 0 Å². The number of hydrogen-bond acceptors (Lipinski definition) is 3. The van der Waals surface area contributed by atoms with Gasteiger partial charge < -0.3 is 15.2 Å². The smallest absolute Gasteiger partial charge is 0.0809 e. The molecule has 1 saturated heterocycles. The zero-order valence-corrected chi connectivity index (χ0v) is 6.38. The minimum absolute atomic E-state index is 0.244. The molecule has 1 rings (SSSR count). The molecule has 2 atom stereocenters. The first kappa shape index (κ1) is 7.98. The van der Waals surface area contributed by atoms with Crippen LogP contribution in [0.3, 0.4) is 0 Å². The molecule has 0 radical (unpaired) electrons. The Morgan fingerprint density at radius 2 is 2.40 bits per heavy atom. The van der Waals surface area contributed by atoms with E-state index in [2.05, 4.69) is 0 Å². The standard InChI is InChI=1S/C7H15NO2/c1-9-5-7-3-2-6(8)4-10-7/h6-7H,2-5,8H2,1H3/t6-,7+/m1/s1. The predicted octanol–water partition coefficient (Wildman–Crippen LogP) is 0.139. The van der Waals surface area contributed by atoms with Crippen LogP contribution < -0.4 is 5.73 Å². The van der Waals surface area contributed by atoms with Crippen LogP contribution in [0.2, 0.25) is 0 Å². The molecule has 1 aliphatic rings. The minimum atomic E-state index is 0.244. The molecule has 1 aliphatic heterocycles. The van der Waals surface area contributed by atoms with Gasteiger partial charge in [-0.3, -0.25) is 0 Å². The maximum absolute atomic E-state index is 5.63. The molecule has 10 heavy (non-hydrogen) atoms. The molecule has 0 aromatic carbocycles. The van der Waals surface area contributed by atoms with Crippen molar-refractivity contribution in [2.75, 3.05) is 20.3 Å². The first-order valence-corrected chi connectivity index (χ1v) is 3.69. The Morgan fingerprint density at radius 3 is 2.90 bits per heavy atom. The number of methoxy groups -OCH3 is 1. The second-order valence-electron chi connectivity index (χ2n) is 2.75. The van der Waals surface area contributed by atoms with E-state index in [4.69, 9.17) is 15.2 Å². The summed E-state index contributed by atoms with van der Waals surface area (Å²) in [7, 11) is 1.69. The van der Waals surface area contributed by atoms with E-state index >= 15 is 0 Å². The third-order valence-corrected chi connectivity index (χ3v) is 1.76. The molecule has 1 heterocycles. The van der Waals surface area contributed by atoms with Crippen LogP contribution in [0.15, 0.2) is 0 Å². The van der Waals surface area contributed by atoms with Crippen molar-refractivity contribution >= 4 is 0 Å². The molecule has 0 aliphatic carbocycles. The van der Waals surface area contributed by atoms with Gasteiger partial charge in [-0.2, -0.15) is 0 Å². The molecule has 2 N–H and O–H groups in total. The first-order chi connectivity index (χ1) is 4.83. The molecule has 1 fully saturated rings. The normalized spacial score (nSPS) is 34.2. The number of ether oxygens (including phenoxy) is 2. The van der Waals surface area contributed by atoms with Crippen molar-refractivity contribution in [3.63, 3.8) is 0 Å². The zero-order chi connectivity index (χ0) is 7.40. The predicted molar refractivity (Wildman–Crippen MR) is 38.8 cm³/mol. The summed E-state index contributed by atoms with van der Waals surface area (Å²) in [6.45, 7) is 1.39. The summed E-state index contributed by atoms with van der Waals surface area (Å²) in [4.78, 5) is 0. The molecule has 60 valence electrons.